The van der Waals surface area contributed by atoms with Crippen LogP contribution in [0.3, 0.4) is 0 Å². The first-order chi connectivity index (χ1) is 9.90. The van der Waals surface area contributed by atoms with Crippen molar-refractivity contribution < 1.29 is 9.59 Å². The Morgan fingerprint density at radius 1 is 0.955 bits per heavy atom. The van der Waals surface area contributed by atoms with Gasteiger partial charge in [-0.1, -0.05) is 32.9 Å². The molecule has 0 aliphatic rings. The number of benzene rings is 1. The van der Waals surface area contributed by atoms with Crippen LogP contribution in [0.25, 0.3) is 0 Å². The third-order valence-electron chi connectivity index (χ3n) is 3.25. The molecule has 0 heterocycles. The van der Waals surface area contributed by atoms with E-state index in [1.165, 1.54) is 5.56 Å². The molecule has 0 aliphatic carbocycles. The van der Waals surface area contributed by atoms with Gasteiger partial charge in [-0.2, -0.15) is 0 Å². The Labute approximate surface area is 133 Å². The minimum absolute atomic E-state index is 0.0505. The largest absolute Gasteiger partial charge is 0.350 e. The zero-order chi connectivity index (χ0) is 17.1. The summed E-state index contributed by atoms with van der Waals surface area (Å²) in [5.41, 5.74) is 1.46. The van der Waals surface area contributed by atoms with Crippen molar-refractivity contribution in [1.82, 2.24) is 10.6 Å². The Morgan fingerprint density at radius 3 is 1.86 bits per heavy atom. The molecule has 0 aromatic heterocycles. The molecule has 0 spiro atoms. The molecule has 1 rings (SSSR count). The molecule has 122 valence electrons. The summed E-state index contributed by atoms with van der Waals surface area (Å²) < 4.78 is 0. The van der Waals surface area contributed by atoms with Crippen LogP contribution < -0.4 is 10.6 Å². The first-order valence-electron chi connectivity index (χ1n) is 7.63. The first kappa shape index (κ1) is 18.2. The fourth-order valence-corrected chi connectivity index (χ4v) is 1.94. The van der Waals surface area contributed by atoms with E-state index in [1.807, 2.05) is 32.9 Å². The van der Waals surface area contributed by atoms with Crippen molar-refractivity contribution in [3.63, 3.8) is 0 Å². The van der Waals surface area contributed by atoms with Crippen molar-refractivity contribution in [2.24, 2.45) is 0 Å². The minimum atomic E-state index is -0.575. The summed E-state index contributed by atoms with van der Waals surface area (Å²) in [4.78, 5) is 24.2. The highest BCUT2D eigenvalue weighted by atomic mass is 16.2. The molecule has 0 saturated carbocycles. The smallest absolute Gasteiger partial charge is 0.251 e. The number of rotatable bonds is 3. The van der Waals surface area contributed by atoms with Gasteiger partial charge in [-0.25, -0.2) is 0 Å². The molecule has 0 saturated heterocycles. The summed E-state index contributed by atoms with van der Waals surface area (Å²) in [5.74, 6) is -0.427. The molecule has 0 bridgehead atoms. The van der Waals surface area contributed by atoms with Crippen LogP contribution in [0, 0.1) is 0 Å². The SMILES string of the molecule is CC(NC(=O)c1ccc(C(C)(C)C)cc1)C(=O)NC(C)(C)C. The summed E-state index contributed by atoms with van der Waals surface area (Å²) in [5, 5.41) is 5.58. The zero-order valence-corrected chi connectivity index (χ0v) is 14.7. The number of carbonyl (C=O) groups excluding carboxylic acids is 2. The molecule has 4 heteroatoms. The van der Waals surface area contributed by atoms with Crippen LogP contribution in [0.1, 0.15) is 64.4 Å². The average Bonchev–Trinajstić information content (AvgIpc) is 2.35. The van der Waals surface area contributed by atoms with Crippen LogP contribution >= 0.6 is 0 Å². The lowest BCUT2D eigenvalue weighted by Crippen LogP contribution is -2.50. The molecule has 4 nitrogen and oxygen atoms in total. The average molecular weight is 304 g/mol. The Kier molecular flexibility index (Phi) is 5.39. The molecular weight excluding hydrogens is 276 g/mol. The van der Waals surface area contributed by atoms with Gasteiger partial charge >= 0.3 is 0 Å². The molecule has 2 amide bonds. The monoisotopic (exact) mass is 304 g/mol. The van der Waals surface area contributed by atoms with E-state index in [2.05, 4.69) is 31.4 Å². The Morgan fingerprint density at radius 2 is 1.45 bits per heavy atom. The highest BCUT2D eigenvalue weighted by Crippen LogP contribution is 2.22. The maximum Gasteiger partial charge on any atom is 0.251 e. The predicted molar refractivity (Wildman–Crippen MR) is 90.0 cm³/mol. The van der Waals surface area contributed by atoms with E-state index in [0.717, 1.165) is 0 Å². The molecule has 1 aromatic rings. The molecule has 1 aromatic carbocycles. The van der Waals surface area contributed by atoms with Crippen LogP contribution in [0.15, 0.2) is 24.3 Å². The third-order valence-corrected chi connectivity index (χ3v) is 3.25. The molecule has 0 fully saturated rings. The second-order valence-corrected chi connectivity index (χ2v) is 7.76. The lowest BCUT2D eigenvalue weighted by molar-refractivity contribution is -0.124. The van der Waals surface area contributed by atoms with E-state index in [9.17, 15) is 9.59 Å². The van der Waals surface area contributed by atoms with E-state index >= 15 is 0 Å². The van der Waals surface area contributed by atoms with Crippen molar-refractivity contribution in [2.75, 3.05) is 0 Å². The molecule has 22 heavy (non-hydrogen) atoms. The predicted octanol–water partition coefficient (Wildman–Crippen LogP) is 3.02. The fourth-order valence-electron chi connectivity index (χ4n) is 1.94. The van der Waals surface area contributed by atoms with Gasteiger partial charge in [0.05, 0.1) is 0 Å². The first-order valence-corrected chi connectivity index (χ1v) is 7.63. The van der Waals surface area contributed by atoms with E-state index in [-0.39, 0.29) is 22.8 Å². The van der Waals surface area contributed by atoms with Crippen LogP contribution in [0.2, 0.25) is 0 Å². The number of carbonyl (C=O) groups is 2. The summed E-state index contributed by atoms with van der Waals surface area (Å²) >= 11 is 0. The lowest BCUT2D eigenvalue weighted by Gasteiger charge is -2.23. The van der Waals surface area contributed by atoms with Crippen LogP contribution in [-0.4, -0.2) is 23.4 Å². The van der Waals surface area contributed by atoms with Gasteiger partial charge in [0.15, 0.2) is 0 Å². The molecule has 0 aliphatic heterocycles. The van der Waals surface area contributed by atoms with Gasteiger partial charge in [0.1, 0.15) is 6.04 Å². The normalized spacial score (nSPS) is 13.4. The Bertz CT molecular complexity index is 534. The Hall–Kier alpha value is -1.84. The molecule has 0 radical (unpaired) electrons. The fraction of sp³-hybridized carbons (Fsp3) is 0.556. The standard InChI is InChI=1S/C18H28N2O2/c1-12(15(21)20-18(5,6)7)19-16(22)13-8-10-14(11-9-13)17(2,3)4/h8-12H,1-7H3,(H,19,22)(H,20,21). The van der Waals surface area contributed by atoms with E-state index in [4.69, 9.17) is 0 Å². The van der Waals surface area contributed by atoms with E-state index in [1.54, 1.807) is 19.1 Å². The van der Waals surface area contributed by atoms with Gasteiger partial charge in [0.25, 0.3) is 5.91 Å². The summed E-state index contributed by atoms with van der Waals surface area (Å²) in [6.07, 6.45) is 0. The van der Waals surface area contributed by atoms with Gasteiger partial charge < -0.3 is 10.6 Å². The maximum atomic E-state index is 12.2. The van der Waals surface area contributed by atoms with Crippen molar-refractivity contribution >= 4 is 11.8 Å². The Balaban J connectivity index is 2.71. The second-order valence-electron chi connectivity index (χ2n) is 7.76. The van der Waals surface area contributed by atoms with E-state index < -0.39 is 6.04 Å². The third kappa shape index (κ3) is 5.51. The molecule has 1 unspecified atom stereocenters. The lowest BCUT2D eigenvalue weighted by atomic mass is 9.86. The van der Waals surface area contributed by atoms with Gasteiger partial charge in [0.2, 0.25) is 5.91 Å². The van der Waals surface area contributed by atoms with Crippen LogP contribution in [-0.2, 0) is 10.2 Å². The van der Waals surface area contributed by atoms with Crippen molar-refractivity contribution in [3.8, 4) is 0 Å². The van der Waals surface area contributed by atoms with Crippen LogP contribution in [0.5, 0.6) is 0 Å². The van der Waals surface area contributed by atoms with Gasteiger partial charge in [0, 0.05) is 11.1 Å². The second kappa shape index (κ2) is 6.51. The maximum absolute atomic E-state index is 12.2. The number of amides is 2. The summed E-state index contributed by atoms with van der Waals surface area (Å²) in [6, 6.07) is 6.92. The molecule has 2 N–H and O–H groups in total. The number of hydrogen-bond acceptors (Lipinski definition) is 2. The van der Waals surface area contributed by atoms with Gasteiger partial charge in [-0.3, -0.25) is 9.59 Å². The highest BCUT2D eigenvalue weighted by molar-refractivity contribution is 5.97. The number of nitrogens with one attached hydrogen (secondary N) is 2. The minimum Gasteiger partial charge on any atom is -0.350 e. The van der Waals surface area contributed by atoms with Crippen molar-refractivity contribution in [3.05, 3.63) is 35.4 Å². The van der Waals surface area contributed by atoms with Gasteiger partial charge in [-0.15, -0.1) is 0 Å². The van der Waals surface area contributed by atoms with Crippen molar-refractivity contribution in [2.45, 2.75) is 65.5 Å². The topological polar surface area (TPSA) is 58.2 Å². The zero-order valence-electron chi connectivity index (χ0n) is 14.7. The highest BCUT2D eigenvalue weighted by Gasteiger charge is 2.21. The molecular formula is C18H28N2O2. The van der Waals surface area contributed by atoms with E-state index in [0.29, 0.717) is 5.56 Å². The quantitative estimate of drug-likeness (QED) is 0.902. The van der Waals surface area contributed by atoms with Crippen molar-refractivity contribution in [1.29, 1.82) is 0 Å². The number of hydrogen-bond donors (Lipinski definition) is 2. The van der Waals surface area contributed by atoms with Gasteiger partial charge in [-0.05, 0) is 50.8 Å². The van der Waals surface area contributed by atoms with Crippen LogP contribution in [0.4, 0.5) is 0 Å². The summed E-state index contributed by atoms with van der Waals surface area (Å²) in [7, 11) is 0. The molecule has 1 atom stereocenters. The summed E-state index contributed by atoms with van der Waals surface area (Å²) in [6.45, 7) is 13.8.